The van der Waals surface area contributed by atoms with E-state index in [9.17, 15) is 18.0 Å². The first kappa shape index (κ1) is 20.7. The summed E-state index contributed by atoms with van der Waals surface area (Å²) < 4.78 is 43.7. The van der Waals surface area contributed by atoms with E-state index >= 15 is 0 Å². The van der Waals surface area contributed by atoms with Crippen molar-refractivity contribution in [2.45, 2.75) is 19.2 Å². The van der Waals surface area contributed by atoms with Gasteiger partial charge in [0.15, 0.2) is 0 Å². The molecule has 0 heterocycles. The molecule has 0 aliphatic rings. The molecule has 2 amide bonds. The zero-order valence-electron chi connectivity index (χ0n) is 14.7. The molecule has 0 bridgehead atoms. The van der Waals surface area contributed by atoms with Gasteiger partial charge in [0.25, 0.3) is 0 Å². The summed E-state index contributed by atoms with van der Waals surface area (Å²) in [4.78, 5) is 12.0. The number of benzene rings is 2. The molecule has 3 N–H and O–H groups in total. The molecule has 2 aromatic carbocycles. The van der Waals surface area contributed by atoms with Crippen LogP contribution in [-0.4, -0.2) is 30.9 Å². The van der Waals surface area contributed by atoms with E-state index in [4.69, 9.17) is 9.84 Å². The average Bonchev–Trinajstić information content (AvgIpc) is 2.62. The highest BCUT2D eigenvalue weighted by molar-refractivity contribution is 5.89. The molecule has 0 aliphatic carbocycles. The maximum Gasteiger partial charge on any atom is 0.416 e. The Bertz CT molecular complexity index is 749. The second kappa shape index (κ2) is 9.38. The molecule has 146 valence electrons. The van der Waals surface area contributed by atoms with Gasteiger partial charge in [-0.2, -0.15) is 13.2 Å². The number of urea groups is 1. The third-order valence-corrected chi connectivity index (χ3v) is 3.76. The lowest BCUT2D eigenvalue weighted by molar-refractivity contribution is -0.137. The monoisotopic (exact) mass is 382 g/mol. The third kappa shape index (κ3) is 6.58. The van der Waals surface area contributed by atoms with Crippen molar-refractivity contribution in [2.75, 3.05) is 25.1 Å². The molecule has 0 saturated heterocycles. The quantitative estimate of drug-likeness (QED) is 0.681. The number of hydrogen-bond donors (Lipinski definition) is 3. The number of aliphatic hydroxyl groups excluding tert-OH is 1. The fourth-order valence-corrected chi connectivity index (χ4v) is 2.38. The van der Waals surface area contributed by atoms with Crippen molar-refractivity contribution >= 4 is 11.7 Å². The second-order valence-electron chi connectivity index (χ2n) is 5.91. The molecule has 8 heteroatoms. The van der Waals surface area contributed by atoms with Crippen LogP contribution in [0.2, 0.25) is 0 Å². The molecule has 2 rings (SSSR count). The van der Waals surface area contributed by atoms with Gasteiger partial charge in [-0.1, -0.05) is 35.9 Å². The van der Waals surface area contributed by atoms with E-state index in [-0.39, 0.29) is 25.4 Å². The fourth-order valence-electron chi connectivity index (χ4n) is 2.38. The maximum absolute atomic E-state index is 12.7. The van der Waals surface area contributed by atoms with Gasteiger partial charge in [0.2, 0.25) is 0 Å². The Morgan fingerprint density at radius 2 is 1.89 bits per heavy atom. The van der Waals surface area contributed by atoms with E-state index in [0.717, 1.165) is 23.3 Å². The lowest BCUT2D eigenvalue weighted by atomic mass is 10.1. The molecule has 0 radical (unpaired) electrons. The van der Waals surface area contributed by atoms with Gasteiger partial charge in [0.1, 0.15) is 0 Å². The number of alkyl halides is 3. The largest absolute Gasteiger partial charge is 0.416 e. The standard InChI is InChI=1S/C19H21F3N2O3/c1-13-5-7-14(8-6-13)17(27-10-9-25)12-23-18(26)24-16-4-2-3-15(11-16)19(20,21)22/h2-8,11,17,25H,9-10,12H2,1H3,(H2,23,24,26). The van der Waals surface area contributed by atoms with Crippen LogP contribution in [0.4, 0.5) is 23.7 Å². The Balaban J connectivity index is 1.98. The van der Waals surface area contributed by atoms with Gasteiger partial charge in [-0.15, -0.1) is 0 Å². The first-order valence-electron chi connectivity index (χ1n) is 8.30. The van der Waals surface area contributed by atoms with Crippen molar-refractivity contribution in [3.8, 4) is 0 Å². The van der Waals surface area contributed by atoms with Crippen LogP contribution < -0.4 is 10.6 Å². The van der Waals surface area contributed by atoms with Crippen LogP contribution in [0.1, 0.15) is 22.8 Å². The Morgan fingerprint density at radius 3 is 2.52 bits per heavy atom. The highest BCUT2D eigenvalue weighted by Gasteiger charge is 2.30. The van der Waals surface area contributed by atoms with Gasteiger partial charge in [-0.3, -0.25) is 0 Å². The number of halogens is 3. The van der Waals surface area contributed by atoms with Crippen molar-refractivity contribution in [3.63, 3.8) is 0 Å². The topological polar surface area (TPSA) is 70.6 Å². The number of carbonyl (C=O) groups is 1. The molecule has 2 aromatic rings. The molecule has 0 fully saturated rings. The fraction of sp³-hybridized carbons (Fsp3) is 0.316. The van der Waals surface area contributed by atoms with Crippen molar-refractivity contribution in [2.24, 2.45) is 0 Å². The van der Waals surface area contributed by atoms with E-state index in [1.165, 1.54) is 12.1 Å². The van der Waals surface area contributed by atoms with Gasteiger partial charge >= 0.3 is 12.2 Å². The Labute approximate surface area is 155 Å². The smallest absolute Gasteiger partial charge is 0.394 e. The van der Waals surface area contributed by atoms with Crippen molar-refractivity contribution in [1.82, 2.24) is 5.32 Å². The van der Waals surface area contributed by atoms with E-state index in [2.05, 4.69) is 10.6 Å². The zero-order chi connectivity index (χ0) is 19.9. The number of amides is 2. The van der Waals surface area contributed by atoms with Crippen LogP contribution in [0.3, 0.4) is 0 Å². The Hall–Kier alpha value is -2.58. The number of ether oxygens (including phenoxy) is 1. The summed E-state index contributed by atoms with van der Waals surface area (Å²) in [7, 11) is 0. The summed E-state index contributed by atoms with van der Waals surface area (Å²) in [5.74, 6) is 0. The Kier molecular flexibility index (Phi) is 7.20. The maximum atomic E-state index is 12.7. The zero-order valence-corrected chi connectivity index (χ0v) is 14.7. The summed E-state index contributed by atoms with van der Waals surface area (Å²) in [5.41, 5.74) is 1.07. The number of aliphatic hydroxyl groups is 1. The van der Waals surface area contributed by atoms with Gasteiger partial charge in [0, 0.05) is 12.2 Å². The minimum Gasteiger partial charge on any atom is -0.394 e. The molecular weight excluding hydrogens is 361 g/mol. The molecule has 27 heavy (non-hydrogen) atoms. The molecule has 5 nitrogen and oxygen atoms in total. The van der Waals surface area contributed by atoms with Gasteiger partial charge in [-0.25, -0.2) is 4.79 Å². The van der Waals surface area contributed by atoms with E-state index < -0.39 is 23.9 Å². The SMILES string of the molecule is Cc1ccc(C(CNC(=O)Nc2cccc(C(F)(F)F)c2)OCCO)cc1. The number of anilines is 1. The molecule has 1 unspecified atom stereocenters. The molecule has 0 spiro atoms. The van der Waals surface area contributed by atoms with Crippen molar-refractivity contribution in [3.05, 3.63) is 65.2 Å². The number of nitrogens with one attached hydrogen (secondary N) is 2. The van der Waals surface area contributed by atoms with Crippen molar-refractivity contribution < 1.29 is 27.8 Å². The third-order valence-electron chi connectivity index (χ3n) is 3.76. The first-order chi connectivity index (χ1) is 12.8. The average molecular weight is 382 g/mol. The van der Waals surface area contributed by atoms with Gasteiger partial charge < -0.3 is 20.5 Å². The number of aryl methyl sites for hydroxylation is 1. The predicted molar refractivity (Wildman–Crippen MR) is 95.4 cm³/mol. The molecule has 0 aromatic heterocycles. The van der Waals surface area contributed by atoms with Crippen LogP contribution in [0, 0.1) is 6.92 Å². The van der Waals surface area contributed by atoms with Crippen LogP contribution in [0.15, 0.2) is 48.5 Å². The molecule has 0 aliphatic heterocycles. The van der Waals surface area contributed by atoms with Crippen LogP contribution in [0.5, 0.6) is 0 Å². The summed E-state index contributed by atoms with van der Waals surface area (Å²) in [6.45, 7) is 1.95. The van der Waals surface area contributed by atoms with E-state index in [1.807, 2.05) is 31.2 Å². The van der Waals surface area contributed by atoms with Gasteiger partial charge in [0.05, 0.1) is 24.9 Å². The van der Waals surface area contributed by atoms with Crippen LogP contribution in [0.25, 0.3) is 0 Å². The Morgan fingerprint density at radius 1 is 1.19 bits per heavy atom. The van der Waals surface area contributed by atoms with Crippen LogP contribution >= 0.6 is 0 Å². The molecule has 1 atom stereocenters. The minimum atomic E-state index is -4.48. The summed E-state index contributed by atoms with van der Waals surface area (Å²) in [5, 5.41) is 13.9. The lowest BCUT2D eigenvalue weighted by Crippen LogP contribution is -2.33. The summed E-state index contributed by atoms with van der Waals surface area (Å²) in [6.07, 6.45) is -4.98. The number of carbonyl (C=O) groups excluding carboxylic acids is 1. The number of rotatable bonds is 7. The van der Waals surface area contributed by atoms with E-state index in [0.29, 0.717) is 0 Å². The number of hydrogen-bond acceptors (Lipinski definition) is 3. The normalized spacial score (nSPS) is 12.5. The van der Waals surface area contributed by atoms with E-state index in [1.54, 1.807) is 0 Å². The highest BCUT2D eigenvalue weighted by atomic mass is 19.4. The summed E-state index contributed by atoms with van der Waals surface area (Å²) in [6, 6.07) is 11.2. The van der Waals surface area contributed by atoms with Crippen molar-refractivity contribution in [1.29, 1.82) is 0 Å². The first-order valence-corrected chi connectivity index (χ1v) is 8.30. The van der Waals surface area contributed by atoms with Gasteiger partial charge in [-0.05, 0) is 30.7 Å². The predicted octanol–water partition coefficient (Wildman–Crippen LogP) is 3.89. The molecule has 0 saturated carbocycles. The highest BCUT2D eigenvalue weighted by Crippen LogP contribution is 2.30. The van der Waals surface area contributed by atoms with Crippen LogP contribution in [-0.2, 0) is 10.9 Å². The summed E-state index contributed by atoms with van der Waals surface area (Å²) >= 11 is 0. The molecular formula is C19H21F3N2O3. The minimum absolute atomic E-state index is 0.0329. The second-order valence-corrected chi connectivity index (χ2v) is 5.91. The lowest BCUT2D eigenvalue weighted by Gasteiger charge is -2.19.